The van der Waals surface area contributed by atoms with Gasteiger partial charge in [-0.25, -0.2) is 14.2 Å². The Morgan fingerprint density at radius 1 is 1.71 bits per heavy atom. The van der Waals surface area contributed by atoms with E-state index in [-0.39, 0.29) is 11.4 Å². The molecule has 0 saturated carbocycles. The van der Waals surface area contributed by atoms with E-state index >= 15 is 0 Å². The molecule has 0 aliphatic heterocycles. The van der Waals surface area contributed by atoms with E-state index < -0.39 is 11.8 Å². The minimum atomic E-state index is -1.14. The van der Waals surface area contributed by atoms with Gasteiger partial charge in [0.2, 0.25) is 0 Å². The molecule has 1 rings (SSSR count). The molecule has 0 atom stereocenters. The van der Waals surface area contributed by atoms with E-state index in [1.165, 1.54) is 19.4 Å². The summed E-state index contributed by atoms with van der Waals surface area (Å²) in [6.45, 7) is 0. The second-order valence-corrected chi connectivity index (χ2v) is 2.40. The highest BCUT2D eigenvalue weighted by atomic mass is 19.1. The Morgan fingerprint density at radius 2 is 2.43 bits per heavy atom. The van der Waals surface area contributed by atoms with Crippen molar-refractivity contribution >= 4 is 12.0 Å². The van der Waals surface area contributed by atoms with E-state index in [4.69, 9.17) is 5.11 Å². The number of halogens is 1. The molecule has 1 aromatic rings. The van der Waals surface area contributed by atoms with Gasteiger partial charge in [-0.3, -0.25) is 0 Å². The zero-order valence-electron chi connectivity index (χ0n) is 7.40. The van der Waals surface area contributed by atoms with Crippen LogP contribution in [0.1, 0.15) is 5.56 Å². The van der Waals surface area contributed by atoms with E-state index in [9.17, 15) is 9.18 Å². The van der Waals surface area contributed by atoms with Crippen LogP contribution in [0.25, 0.3) is 6.08 Å². The molecule has 0 unspecified atom stereocenters. The summed E-state index contributed by atoms with van der Waals surface area (Å²) >= 11 is 0. The van der Waals surface area contributed by atoms with Crippen LogP contribution in [0.3, 0.4) is 0 Å². The maximum Gasteiger partial charge on any atom is 0.328 e. The molecule has 0 radical (unpaired) electrons. The quantitative estimate of drug-likeness (QED) is 0.742. The molecule has 0 spiro atoms. The van der Waals surface area contributed by atoms with Gasteiger partial charge in [-0.1, -0.05) is 0 Å². The lowest BCUT2D eigenvalue weighted by molar-refractivity contribution is -0.131. The monoisotopic (exact) mass is 197 g/mol. The van der Waals surface area contributed by atoms with Gasteiger partial charge >= 0.3 is 5.97 Å². The minimum absolute atomic E-state index is 0.124. The second-order valence-electron chi connectivity index (χ2n) is 2.40. The van der Waals surface area contributed by atoms with Crippen molar-refractivity contribution in [1.29, 1.82) is 0 Å². The molecule has 1 aromatic heterocycles. The SMILES string of the molecule is COc1nccc(/C=C/C(=O)O)c1F. The van der Waals surface area contributed by atoms with Crippen LogP contribution in [0.5, 0.6) is 5.88 Å². The molecular weight excluding hydrogens is 189 g/mol. The van der Waals surface area contributed by atoms with Crippen molar-refractivity contribution in [2.45, 2.75) is 0 Å². The first-order valence-electron chi connectivity index (χ1n) is 3.74. The summed E-state index contributed by atoms with van der Waals surface area (Å²) in [6, 6.07) is 1.36. The molecule has 0 amide bonds. The van der Waals surface area contributed by atoms with E-state index in [0.717, 1.165) is 12.2 Å². The first kappa shape index (κ1) is 10.2. The van der Waals surface area contributed by atoms with Gasteiger partial charge in [-0.2, -0.15) is 0 Å². The first-order valence-corrected chi connectivity index (χ1v) is 3.74. The molecule has 74 valence electrons. The highest BCUT2D eigenvalue weighted by Crippen LogP contribution is 2.17. The number of carboxylic acid groups (broad SMARTS) is 1. The Kier molecular flexibility index (Phi) is 3.17. The summed E-state index contributed by atoms with van der Waals surface area (Å²) in [5, 5.41) is 8.34. The Bertz CT molecular complexity index is 376. The predicted molar refractivity (Wildman–Crippen MR) is 47.4 cm³/mol. The van der Waals surface area contributed by atoms with Crippen LogP contribution in [0, 0.1) is 5.82 Å². The topological polar surface area (TPSA) is 59.4 Å². The molecule has 1 N–H and O–H groups in total. The minimum Gasteiger partial charge on any atom is -0.479 e. The first-order chi connectivity index (χ1) is 6.65. The zero-order valence-corrected chi connectivity index (χ0v) is 7.40. The molecule has 5 heteroatoms. The average molecular weight is 197 g/mol. The smallest absolute Gasteiger partial charge is 0.328 e. The van der Waals surface area contributed by atoms with Crippen molar-refractivity contribution in [3.05, 3.63) is 29.7 Å². The van der Waals surface area contributed by atoms with Gasteiger partial charge in [0.05, 0.1) is 7.11 Å². The van der Waals surface area contributed by atoms with Crippen LogP contribution >= 0.6 is 0 Å². The summed E-state index contributed by atoms with van der Waals surface area (Å²) in [5.41, 5.74) is 0.124. The number of rotatable bonds is 3. The molecule has 0 aliphatic rings. The van der Waals surface area contributed by atoms with Crippen LogP contribution in [0.2, 0.25) is 0 Å². The van der Waals surface area contributed by atoms with Crippen LogP contribution < -0.4 is 4.74 Å². The molecule has 14 heavy (non-hydrogen) atoms. The number of pyridine rings is 1. The maximum absolute atomic E-state index is 13.3. The summed E-state index contributed by atoms with van der Waals surface area (Å²) in [6.07, 6.45) is 3.32. The molecular formula is C9H8FNO3. The summed E-state index contributed by atoms with van der Waals surface area (Å²) in [5.74, 6) is -1.97. The van der Waals surface area contributed by atoms with Crippen molar-refractivity contribution in [3.8, 4) is 5.88 Å². The fourth-order valence-corrected chi connectivity index (χ4v) is 0.871. The lowest BCUT2D eigenvalue weighted by Crippen LogP contribution is -1.94. The number of hydrogen-bond donors (Lipinski definition) is 1. The largest absolute Gasteiger partial charge is 0.479 e. The third kappa shape index (κ3) is 2.29. The highest BCUT2D eigenvalue weighted by molar-refractivity contribution is 5.85. The number of ether oxygens (including phenoxy) is 1. The van der Waals surface area contributed by atoms with Crippen LogP contribution in [-0.4, -0.2) is 23.2 Å². The van der Waals surface area contributed by atoms with Gasteiger partial charge < -0.3 is 9.84 Å². The summed E-state index contributed by atoms with van der Waals surface area (Å²) < 4.78 is 17.9. The van der Waals surface area contributed by atoms with Crippen molar-refractivity contribution in [3.63, 3.8) is 0 Å². The lowest BCUT2D eigenvalue weighted by atomic mass is 10.2. The number of aromatic nitrogens is 1. The number of aliphatic carboxylic acids is 1. The standard InChI is InChI=1S/C9H8FNO3/c1-14-9-8(10)6(4-5-11-9)2-3-7(12)13/h2-5H,1H3,(H,12,13)/b3-2+. The Labute approximate surface area is 79.7 Å². The Balaban J connectivity index is 3.03. The number of nitrogens with zero attached hydrogens (tertiary/aromatic N) is 1. The van der Waals surface area contributed by atoms with Gasteiger partial charge in [0.25, 0.3) is 5.88 Å². The van der Waals surface area contributed by atoms with Gasteiger partial charge in [-0.05, 0) is 12.1 Å². The average Bonchev–Trinajstić information content (AvgIpc) is 2.16. The summed E-state index contributed by atoms with van der Waals surface area (Å²) in [4.78, 5) is 13.8. The molecule has 0 fully saturated rings. The fourth-order valence-electron chi connectivity index (χ4n) is 0.871. The number of methoxy groups -OCH3 is 1. The normalized spacial score (nSPS) is 10.4. The van der Waals surface area contributed by atoms with Gasteiger partial charge in [0.1, 0.15) is 0 Å². The van der Waals surface area contributed by atoms with Crippen LogP contribution in [0.15, 0.2) is 18.3 Å². The van der Waals surface area contributed by atoms with Gasteiger partial charge in [0.15, 0.2) is 5.82 Å². The molecule has 0 aliphatic carbocycles. The van der Waals surface area contributed by atoms with Crippen LogP contribution in [-0.2, 0) is 4.79 Å². The maximum atomic E-state index is 13.3. The van der Waals surface area contributed by atoms with Crippen molar-refractivity contribution in [1.82, 2.24) is 4.98 Å². The van der Waals surface area contributed by atoms with E-state index in [2.05, 4.69) is 9.72 Å². The van der Waals surface area contributed by atoms with Gasteiger partial charge in [0, 0.05) is 17.8 Å². The Morgan fingerprint density at radius 3 is 3.00 bits per heavy atom. The van der Waals surface area contributed by atoms with E-state index in [0.29, 0.717) is 0 Å². The highest BCUT2D eigenvalue weighted by Gasteiger charge is 2.06. The van der Waals surface area contributed by atoms with Gasteiger partial charge in [-0.15, -0.1) is 0 Å². The number of carbonyl (C=O) groups is 1. The molecule has 0 bridgehead atoms. The van der Waals surface area contributed by atoms with Crippen molar-refractivity contribution < 1.29 is 19.0 Å². The zero-order chi connectivity index (χ0) is 10.6. The predicted octanol–water partition coefficient (Wildman–Crippen LogP) is 1.33. The molecule has 1 heterocycles. The fraction of sp³-hybridized carbons (Fsp3) is 0.111. The second kappa shape index (κ2) is 4.36. The van der Waals surface area contributed by atoms with Crippen LogP contribution in [0.4, 0.5) is 4.39 Å². The van der Waals surface area contributed by atoms with Crippen molar-refractivity contribution in [2.75, 3.05) is 7.11 Å². The third-order valence-corrected chi connectivity index (χ3v) is 1.49. The molecule has 0 saturated heterocycles. The summed E-state index contributed by atoms with van der Waals surface area (Å²) in [7, 11) is 1.29. The number of hydrogen-bond acceptors (Lipinski definition) is 3. The molecule has 4 nitrogen and oxygen atoms in total. The third-order valence-electron chi connectivity index (χ3n) is 1.49. The van der Waals surface area contributed by atoms with E-state index in [1.807, 2.05) is 0 Å². The van der Waals surface area contributed by atoms with Crippen molar-refractivity contribution in [2.24, 2.45) is 0 Å². The van der Waals surface area contributed by atoms with E-state index in [1.54, 1.807) is 0 Å². The lowest BCUT2D eigenvalue weighted by Gasteiger charge is -2.01. The molecule has 0 aromatic carbocycles. The number of carboxylic acids is 1. The Hall–Kier alpha value is -1.91.